The third-order valence-corrected chi connectivity index (χ3v) is 5.83. The van der Waals surface area contributed by atoms with Gasteiger partial charge in [-0.25, -0.2) is 0 Å². The molecule has 0 N–H and O–H groups in total. The number of nitrogens with zero attached hydrogens (tertiary/aromatic N) is 3. The van der Waals surface area contributed by atoms with Crippen molar-refractivity contribution in [3.05, 3.63) is 36.0 Å². The molecular weight excluding hydrogens is 298 g/mol. The normalized spacial score (nSPS) is 20.6. The van der Waals surface area contributed by atoms with Crippen molar-refractivity contribution in [1.82, 2.24) is 14.4 Å². The predicted octanol–water partition coefficient (Wildman–Crippen LogP) is 3.27. The van der Waals surface area contributed by atoms with Crippen molar-refractivity contribution in [2.75, 3.05) is 26.2 Å². The number of rotatable bonds is 2. The SMILES string of the molecule is Cn1c(C(=O)N2CCC(N3CCCCC3)CC2)cc2ccccc21. The number of amides is 1. The average molecular weight is 325 g/mol. The molecule has 0 spiro atoms. The second-order valence-corrected chi connectivity index (χ2v) is 7.27. The van der Waals surface area contributed by atoms with E-state index in [4.69, 9.17) is 0 Å². The quantitative estimate of drug-likeness (QED) is 0.848. The lowest BCUT2D eigenvalue weighted by Gasteiger charge is -2.40. The lowest BCUT2D eigenvalue weighted by Crippen LogP contribution is -2.48. The van der Waals surface area contributed by atoms with Gasteiger partial charge in [0.2, 0.25) is 0 Å². The summed E-state index contributed by atoms with van der Waals surface area (Å²) in [6, 6.07) is 10.9. The summed E-state index contributed by atoms with van der Waals surface area (Å²) in [5.74, 6) is 0.186. The molecule has 2 fully saturated rings. The van der Waals surface area contributed by atoms with E-state index in [1.165, 1.54) is 32.4 Å². The smallest absolute Gasteiger partial charge is 0.270 e. The van der Waals surface area contributed by atoms with Gasteiger partial charge in [-0.3, -0.25) is 4.79 Å². The Morgan fingerprint density at radius 2 is 1.71 bits per heavy atom. The van der Waals surface area contributed by atoms with Gasteiger partial charge in [-0.1, -0.05) is 24.6 Å². The molecule has 2 aromatic rings. The summed E-state index contributed by atoms with van der Waals surface area (Å²) < 4.78 is 2.04. The molecule has 2 saturated heterocycles. The lowest BCUT2D eigenvalue weighted by molar-refractivity contribution is 0.0582. The molecule has 24 heavy (non-hydrogen) atoms. The summed E-state index contributed by atoms with van der Waals surface area (Å²) in [6.07, 6.45) is 6.31. The maximum atomic E-state index is 13.0. The van der Waals surface area contributed by atoms with Crippen molar-refractivity contribution in [3.63, 3.8) is 0 Å². The number of hydrogen-bond donors (Lipinski definition) is 0. The van der Waals surface area contributed by atoms with Gasteiger partial charge in [0.25, 0.3) is 5.91 Å². The number of carbonyl (C=O) groups excluding carboxylic acids is 1. The Hall–Kier alpha value is -1.81. The molecule has 0 unspecified atom stereocenters. The zero-order valence-corrected chi connectivity index (χ0v) is 14.6. The first-order valence-electron chi connectivity index (χ1n) is 9.32. The predicted molar refractivity (Wildman–Crippen MR) is 97.3 cm³/mol. The van der Waals surface area contributed by atoms with Gasteiger partial charge in [0.1, 0.15) is 5.69 Å². The van der Waals surface area contributed by atoms with Crippen molar-refractivity contribution in [2.45, 2.75) is 38.1 Å². The van der Waals surface area contributed by atoms with Gasteiger partial charge in [0.05, 0.1) is 0 Å². The first-order chi connectivity index (χ1) is 11.7. The maximum absolute atomic E-state index is 13.0. The van der Waals surface area contributed by atoms with Crippen molar-refractivity contribution in [2.24, 2.45) is 7.05 Å². The van der Waals surface area contributed by atoms with Crippen LogP contribution in [0.4, 0.5) is 0 Å². The van der Waals surface area contributed by atoms with Gasteiger partial charge in [-0.2, -0.15) is 0 Å². The fourth-order valence-electron chi connectivity index (χ4n) is 4.37. The Bertz CT molecular complexity index is 722. The number of fused-ring (bicyclic) bond motifs is 1. The van der Waals surface area contributed by atoms with E-state index in [0.29, 0.717) is 6.04 Å². The molecule has 1 aromatic heterocycles. The number of hydrogen-bond acceptors (Lipinski definition) is 2. The van der Waals surface area contributed by atoms with Gasteiger partial charge in [-0.05, 0) is 50.9 Å². The van der Waals surface area contributed by atoms with Crippen molar-refractivity contribution < 1.29 is 4.79 Å². The molecule has 0 radical (unpaired) electrons. The van der Waals surface area contributed by atoms with E-state index < -0.39 is 0 Å². The van der Waals surface area contributed by atoms with Crippen LogP contribution in [-0.4, -0.2) is 52.5 Å². The molecule has 4 heteroatoms. The van der Waals surface area contributed by atoms with E-state index in [1.807, 2.05) is 29.8 Å². The second kappa shape index (κ2) is 6.60. The monoisotopic (exact) mass is 325 g/mol. The van der Waals surface area contributed by atoms with Crippen molar-refractivity contribution >= 4 is 16.8 Å². The second-order valence-electron chi connectivity index (χ2n) is 7.27. The third kappa shape index (κ3) is 2.84. The molecule has 2 aliphatic heterocycles. The van der Waals surface area contributed by atoms with Gasteiger partial charge in [-0.15, -0.1) is 0 Å². The number of aromatic nitrogens is 1. The molecule has 0 atom stereocenters. The molecule has 2 aliphatic rings. The highest BCUT2D eigenvalue weighted by atomic mass is 16.2. The Morgan fingerprint density at radius 1 is 1.00 bits per heavy atom. The summed E-state index contributed by atoms with van der Waals surface area (Å²) in [4.78, 5) is 17.7. The molecule has 4 nitrogen and oxygen atoms in total. The number of aryl methyl sites for hydroxylation is 1. The number of carbonyl (C=O) groups is 1. The fraction of sp³-hybridized carbons (Fsp3) is 0.550. The Labute approximate surface area is 144 Å². The first-order valence-corrected chi connectivity index (χ1v) is 9.32. The Balaban J connectivity index is 1.44. The van der Waals surface area contributed by atoms with Gasteiger partial charge in [0.15, 0.2) is 0 Å². The van der Waals surface area contributed by atoms with Crippen LogP contribution in [0.3, 0.4) is 0 Å². The number of benzene rings is 1. The van der Waals surface area contributed by atoms with Crippen LogP contribution in [0.2, 0.25) is 0 Å². The van der Waals surface area contributed by atoms with Gasteiger partial charge < -0.3 is 14.4 Å². The molecule has 1 aromatic carbocycles. The highest BCUT2D eigenvalue weighted by molar-refractivity contribution is 5.98. The molecule has 1 amide bonds. The number of para-hydroxylation sites is 1. The molecule has 0 saturated carbocycles. The van der Waals surface area contributed by atoms with Crippen molar-refractivity contribution in [3.8, 4) is 0 Å². The van der Waals surface area contributed by atoms with E-state index >= 15 is 0 Å². The van der Waals surface area contributed by atoms with Crippen molar-refractivity contribution in [1.29, 1.82) is 0 Å². The number of likely N-dealkylation sites (tertiary alicyclic amines) is 2. The zero-order chi connectivity index (χ0) is 16.5. The minimum atomic E-state index is 0.186. The largest absolute Gasteiger partial charge is 0.340 e. The van der Waals surface area contributed by atoms with Crippen LogP contribution in [0, 0.1) is 0 Å². The van der Waals surface area contributed by atoms with Gasteiger partial charge >= 0.3 is 0 Å². The van der Waals surface area contributed by atoms with E-state index in [2.05, 4.69) is 21.9 Å². The summed E-state index contributed by atoms with van der Waals surface area (Å²) in [6.45, 7) is 4.28. The fourth-order valence-corrected chi connectivity index (χ4v) is 4.37. The van der Waals surface area contributed by atoms with Crippen LogP contribution in [0.15, 0.2) is 30.3 Å². The summed E-state index contributed by atoms with van der Waals surface area (Å²) >= 11 is 0. The van der Waals surface area contributed by atoms with E-state index in [0.717, 1.165) is 42.5 Å². The average Bonchev–Trinajstić information content (AvgIpc) is 2.99. The maximum Gasteiger partial charge on any atom is 0.270 e. The molecule has 0 bridgehead atoms. The van der Waals surface area contributed by atoms with E-state index in [1.54, 1.807) is 0 Å². The molecular formula is C20H27N3O. The highest BCUT2D eigenvalue weighted by Gasteiger charge is 2.29. The highest BCUT2D eigenvalue weighted by Crippen LogP contribution is 2.24. The molecule has 4 rings (SSSR count). The minimum absolute atomic E-state index is 0.186. The van der Waals surface area contributed by atoms with Crippen LogP contribution in [0.1, 0.15) is 42.6 Å². The zero-order valence-electron chi connectivity index (χ0n) is 14.6. The number of piperidine rings is 2. The Kier molecular flexibility index (Phi) is 4.31. The van der Waals surface area contributed by atoms with Gasteiger partial charge in [0, 0.05) is 37.1 Å². The van der Waals surface area contributed by atoms with E-state index in [9.17, 15) is 4.79 Å². The van der Waals surface area contributed by atoms with E-state index in [-0.39, 0.29) is 5.91 Å². The topological polar surface area (TPSA) is 28.5 Å². The first kappa shape index (κ1) is 15.7. The standard InChI is InChI=1S/C20H27N3O/c1-21-18-8-4-3-7-16(18)15-19(21)20(24)23-13-9-17(10-14-23)22-11-5-2-6-12-22/h3-4,7-8,15,17H,2,5-6,9-14H2,1H3. The molecule has 128 valence electrons. The van der Waals surface area contributed by atoms with Crippen LogP contribution in [-0.2, 0) is 7.05 Å². The Morgan fingerprint density at radius 3 is 2.42 bits per heavy atom. The summed E-state index contributed by atoms with van der Waals surface area (Å²) in [5, 5.41) is 1.14. The molecule has 0 aliphatic carbocycles. The third-order valence-electron chi connectivity index (χ3n) is 5.83. The van der Waals surface area contributed by atoms with Crippen LogP contribution >= 0.6 is 0 Å². The lowest BCUT2D eigenvalue weighted by atomic mass is 9.99. The van der Waals surface area contributed by atoms with Crippen LogP contribution < -0.4 is 0 Å². The summed E-state index contributed by atoms with van der Waals surface area (Å²) in [5.41, 5.74) is 1.94. The van der Waals surface area contributed by atoms with Crippen LogP contribution in [0.25, 0.3) is 10.9 Å². The van der Waals surface area contributed by atoms with Crippen LogP contribution in [0.5, 0.6) is 0 Å². The summed E-state index contributed by atoms with van der Waals surface area (Å²) in [7, 11) is 2.00. The minimum Gasteiger partial charge on any atom is -0.340 e. The molecule has 3 heterocycles.